The predicted octanol–water partition coefficient (Wildman–Crippen LogP) is 7.44. The van der Waals surface area contributed by atoms with Crippen LogP contribution in [0.4, 0.5) is 23.2 Å². The fourth-order valence-corrected chi connectivity index (χ4v) is 5.89. The Hall–Kier alpha value is -4.25. The van der Waals surface area contributed by atoms with E-state index in [0.717, 1.165) is 17.8 Å². The predicted molar refractivity (Wildman–Crippen MR) is 152 cm³/mol. The molecule has 6 nitrogen and oxygen atoms in total. The fraction of sp³-hybridized carbons (Fsp3) is 0.258. The zero-order valence-electron chi connectivity index (χ0n) is 22.4. The molecule has 0 spiro atoms. The third-order valence-electron chi connectivity index (χ3n) is 7.09. The van der Waals surface area contributed by atoms with Gasteiger partial charge in [0.2, 0.25) is 5.91 Å². The largest absolute Gasteiger partial charge is 0.573 e. The molecule has 11 heteroatoms. The number of thiazole rings is 1. The first-order chi connectivity index (χ1) is 20.2. The van der Waals surface area contributed by atoms with Crippen LogP contribution in [0.1, 0.15) is 46.2 Å². The Morgan fingerprint density at radius 1 is 0.976 bits per heavy atom. The van der Waals surface area contributed by atoms with Crippen molar-refractivity contribution in [3.8, 4) is 16.9 Å². The summed E-state index contributed by atoms with van der Waals surface area (Å²) in [6, 6.07) is 18.9. The summed E-state index contributed by atoms with van der Waals surface area (Å²) >= 11 is 1.40. The number of hydrogen-bond donors (Lipinski definition) is 1. The second-order valence-electron chi connectivity index (χ2n) is 9.89. The van der Waals surface area contributed by atoms with Crippen LogP contribution in [0.5, 0.6) is 5.75 Å². The van der Waals surface area contributed by atoms with Gasteiger partial charge >= 0.3 is 6.36 Å². The van der Waals surface area contributed by atoms with Crippen molar-refractivity contribution in [3.05, 3.63) is 100 Å². The van der Waals surface area contributed by atoms with E-state index in [4.69, 9.17) is 0 Å². The molecular formula is C31H27F4N3O3S. The van der Waals surface area contributed by atoms with E-state index in [0.29, 0.717) is 41.9 Å². The normalized spacial score (nSPS) is 14.0. The molecule has 2 heterocycles. The molecule has 4 aromatic rings. The summed E-state index contributed by atoms with van der Waals surface area (Å²) in [4.78, 5) is 32.1. The van der Waals surface area contributed by atoms with Crippen LogP contribution >= 0.6 is 11.3 Å². The smallest absolute Gasteiger partial charge is 0.406 e. The number of rotatable bonds is 8. The molecule has 0 aliphatic carbocycles. The zero-order chi connectivity index (χ0) is 29.7. The Balaban J connectivity index is 1.17. The lowest BCUT2D eigenvalue weighted by Gasteiger charge is -2.31. The molecule has 42 heavy (non-hydrogen) atoms. The second-order valence-corrected chi connectivity index (χ2v) is 10.8. The minimum absolute atomic E-state index is 0.00269. The highest BCUT2D eigenvalue weighted by molar-refractivity contribution is 7.10. The molecule has 1 saturated heterocycles. The van der Waals surface area contributed by atoms with Crippen LogP contribution in [0.25, 0.3) is 11.1 Å². The van der Waals surface area contributed by atoms with Crippen molar-refractivity contribution in [2.24, 2.45) is 0 Å². The standard InChI is InChI=1S/C31H27F4N3O3S/c32-25-7-3-1-5-21(25)11-14-28(39)38-17-15-22(16-18-38)30-37-27(19-42-30)29(40)36-26-8-4-2-6-24(26)20-9-12-23(13-10-20)41-31(33,34)35/h1-10,12-13,19,22H,11,14-18H2,(H,36,40). The van der Waals surface area contributed by atoms with Gasteiger partial charge in [-0.2, -0.15) is 0 Å². The molecular weight excluding hydrogens is 570 g/mol. The summed E-state index contributed by atoms with van der Waals surface area (Å²) in [7, 11) is 0. The number of anilines is 1. The van der Waals surface area contributed by atoms with Gasteiger partial charge in [0, 0.05) is 42.1 Å². The molecule has 1 N–H and O–H groups in total. The number of alkyl halides is 3. The summed E-state index contributed by atoms with van der Waals surface area (Å²) in [5.41, 5.74) is 2.53. The summed E-state index contributed by atoms with van der Waals surface area (Å²) in [6.45, 7) is 1.14. The number of carbonyl (C=O) groups excluding carboxylic acids is 2. The van der Waals surface area contributed by atoms with Crippen molar-refractivity contribution >= 4 is 28.8 Å². The van der Waals surface area contributed by atoms with Crippen LogP contribution < -0.4 is 10.1 Å². The van der Waals surface area contributed by atoms with E-state index in [2.05, 4.69) is 15.0 Å². The molecule has 1 aliphatic heterocycles. The minimum atomic E-state index is -4.78. The summed E-state index contributed by atoms with van der Waals surface area (Å²) in [5, 5.41) is 5.39. The highest BCUT2D eigenvalue weighted by atomic mass is 32.1. The number of benzene rings is 3. The molecule has 3 aromatic carbocycles. The second kappa shape index (κ2) is 12.7. The Labute approximate surface area is 244 Å². The minimum Gasteiger partial charge on any atom is -0.406 e. The van der Waals surface area contributed by atoms with Crippen molar-refractivity contribution < 1.29 is 31.9 Å². The van der Waals surface area contributed by atoms with E-state index in [1.807, 2.05) is 0 Å². The van der Waals surface area contributed by atoms with Crippen molar-refractivity contribution in [1.29, 1.82) is 0 Å². The van der Waals surface area contributed by atoms with Gasteiger partial charge in [-0.3, -0.25) is 9.59 Å². The maximum Gasteiger partial charge on any atom is 0.573 e. The van der Waals surface area contributed by atoms with Crippen LogP contribution in [-0.2, 0) is 11.2 Å². The van der Waals surface area contributed by atoms with E-state index in [-0.39, 0.29) is 35.5 Å². The first kappa shape index (κ1) is 29.2. The number of nitrogens with one attached hydrogen (secondary N) is 1. The van der Waals surface area contributed by atoms with Crippen LogP contribution in [0.2, 0.25) is 0 Å². The number of para-hydroxylation sites is 1. The highest BCUT2D eigenvalue weighted by Crippen LogP contribution is 2.33. The number of aryl methyl sites for hydroxylation is 1. The Morgan fingerprint density at radius 2 is 1.67 bits per heavy atom. The molecule has 1 aromatic heterocycles. The molecule has 0 bridgehead atoms. The lowest BCUT2D eigenvalue weighted by Crippen LogP contribution is -2.38. The Bertz CT molecular complexity index is 1550. The number of likely N-dealkylation sites (tertiary alicyclic amines) is 1. The number of ether oxygens (including phenoxy) is 1. The van der Waals surface area contributed by atoms with Gasteiger partial charge in [-0.1, -0.05) is 48.5 Å². The van der Waals surface area contributed by atoms with E-state index < -0.39 is 12.3 Å². The number of nitrogens with zero attached hydrogens (tertiary/aromatic N) is 2. The first-order valence-corrected chi connectivity index (χ1v) is 14.3. The average Bonchev–Trinajstić information content (AvgIpc) is 3.47. The van der Waals surface area contributed by atoms with Crippen LogP contribution in [0.3, 0.4) is 0 Å². The molecule has 5 rings (SSSR count). The average molecular weight is 598 g/mol. The van der Waals surface area contributed by atoms with Gasteiger partial charge < -0.3 is 15.0 Å². The molecule has 1 fully saturated rings. The molecule has 218 valence electrons. The van der Waals surface area contributed by atoms with Gasteiger partial charge in [0.25, 0.3) is 5.91 Å². The first-order valence-electron chi connectivity index (χ1n) is 13.4. The summed E-state index contributed by atoms with van der Waals surface area (Å²) in [6.07, 6.45) is -2.73. The number of carbonyl (C=O) groups is 2. The van der Waals surface area contributed by atoms with Gasteiger partial charge in [-0.05, 0) is 54.7 Å². The van der Waals surface area contributed by atoms with Crippen molar-refractivity contribution in [2.45, 2.75) is 38.0 Å². The van der Waals surface area contributed by atoms with Gasteiger partial charge in [0.05, 0.1) is 5.01 Å². The van der Waals surface area contributed by atoms with Crippen molar-refractivity contribution in [2.75, 3.05) is 18.4 Å². The SMILES string of the molecule is O=C(Nc1ccccc1-c1ccc(OC(F)(F)F)cc1)c1csc(C2CCN(C(=O)CCc3ccccc3F)CC2)n1. The summed E-state index contributed by atoms with van der Waals surface area (Å²) < 4.78 is 55.3. The van der Waals surface area contributed by atoms with Crippen molar-refractivity contribution in [3.63, 3.8) is 0 Å². The third kappa shape index (κ3) is 7.33. The van der Waals surface area contributed by atoms with Gasteiger partial charge in [0.15, 0.2) is 0 Å². The fourth-order valence-electron chi connectivity index (χ4n) is 4.92. The Kier molecular flexibility index (Phi) is 8.86. The van der Waals surface area contributed by atoms with Crippen LogP contribution in [0, 0.1) is 5.82 Å². The monoisotopic (exact) mass is 597 g/mol. The van der Waals surface area contributed by atoms with E-state index in [1.165, 1.54) is 41.7 Å². The number of aromatic nitrogens is 1. The zero-order valence-corrected chi connectivity index (χ0v) is 23.2. The van der Waals surface area contributed by atoms with Gasteiger partial charge in [-0.25, -0.2) is 9.37 Å². The topological polar surface area (TPSA) is 71.5 Å². The molecule has 0 unspecified atom stereocenters. The number of amides is 2. The molecule has 0 saturated carbocycles. The van der Waals surface area contributed by atoms with Gasteiger partial charge in [0.1, 0.15) is 17.3 Å². The number of halogens is 4. The molecule has 1 aliphatic rings. The van der Waals surface area contributed by atoms with E-state index >= 15 is 0 Å². The highest BCUT2D eigenvalue weighted by Gasteiger charge is 2.31. The van der Waals surface area contributed by atoms with Crippen LogP contribution in [-0.4, -0.2) is 41.2 Å². The lowest BCUT2D eigenvalue weighted by molar-refractivity contribution is -0.274. The number of piperidine rings is 1. The van der Waals surface area contributed by atoms with Crippen molar-refractivity contribution in [1.82, 2.24) is 9.88 Å². The molecule has 0 atom stereocenters. The molecule has 0 radical (unpaired) electrons. The molecule has 2 amide bonds. The summed E-state index contributed by atoms with van der Waals surface area (Å²) in [5.74, 6) is -0.915. The quantitative estimate of drug-likeness (QED) is 0.214. The third-order valence-corrected chi connectivity index (χ3v) is 8.10. The maximum atomic E-state index is 13.9. The lowest BCUT2D eigenvalue weighted by atomic mass is 9.97. The van der Waals surface area contributed by atoms with E-state index in [1.54, 1.807) is 52.7 Å². The Morgan fingerprint density at radius 3 is 2.38 bits per heavy atom. The van der Waals surface area contributed by atoms with E-state index in [9.17, 15) is 27.2 Å². The number of hydrogen-bond acceptors (Lipinski definition) is 5. The van der Waals surface area contributed by atoms with Gasteiger partial charge in [-0.15, -0.1) is 24.5 Å². The van der Waals surface area contributed by atoms with Crippen LogP contribution in [0.15, 0.2) is 78.2 Å². The maximum absolute atomic E-state index is 13.9.